The third-order valence-electron chi connectivity index (χ3n) is 4.18. The molecule has 0 spiro atoms. The second kappa shape index (κ2) is 8.87. The van der Waals surface area contributed by atoms with Gasteiger partial charge in [-0.05, 0) is 35.5 Å². The summed E-state index contributed by atoms with van der Waals surface area (Å²) in [5.41, 5.74) is 1.79. The highest BCUT2D eigenvalue weighted by Gasteiger charge is 2.39. The van der Waals surface area contributed by atoms with E-state index in [4.69, 9.17) is 12.2 Å². The molecule has 0 unspecified atom stereocenters. The number of anilines is 1. The molecule has 3 rings (SSSR count). The number of carbonyl (C=O) groups excluding carboxylic acids is 1. The molecule has 0 atom stereocenters. The summed E-state index contributed by atoms with van der Waals surface area (Å²) < 4.78 is 38.0. The molecule has 0 fully saturated rings. The monoisotopic (exact) mass is 414 g/mol. The van der Waals surface area contributed by atoms with Crippen molar-refractivity contribution in [2.75, 3.05) is 5.32 Å². The van der Waals surface area contributed by atoms with Crippen LogP contribution in [0.3, 0.4) is 0 Å². The summed E-state index contributed by atoms with van der Waals surface area (Å²) >= 11 is 5.37. The highest BCUT2D eigenvalue weighted by Crippen LogP contribution is 2.24. The van der Waals surface area contributed by atoms with E-state index in [1.807, 2.05) is 60.7 Å². The van der Waals surface area contributed by atoms with Gasteiger partial charge in [0.1, 0.15) is 0 Å². The zero-order valence-electron chi connectivity index (χ0n) is 15.1. The minimum atomic E-state index is -4.93. The van der Waals surface area contributed by atoms with Crippen LogP contribution >= 0.6 is 12.2 Å². The predicted molar refractivity (Wildman–Crippen MR) is 111 cm³/mol. The topological polar surface area (TPSA) is 41.1 Å². The Labute approximate surface area is 171 Å². The number of thiocarbonyl (C=S) groups is 1. The van der Waals surface area contributed by atoms with Gasteiger partial charge in [0.15, 0.2) is 5.11 Å². The lowest BCUT2D eigenvalue weighted by Crippen LogP contribution is -2.33. The Kier molecular flexibility index (Phi) is 6.29. The highest BCUT2D eigenvalue weighted by atomic mass is 32.1. The van der Waals surface area contributed by atoms with Gasteiger partial charge in [-0.2, -0.15) is 13.2 Å². The molecule has 0 aromatic heterocycles. The first kappa shape index (κ1) is 20.5. The average Bonchev–Trinajstić information content (AvgIpc) is 2.72. The number of halogens is 3. The molecule has 0 saturated heterocycles. The molecular formula is C22H17F3N2OS. The number of hydrogen-bond acceptors (Lipinski definition) is 2. The molecule has 2 N–H and O–H groups in total. The summed E-state index contributed by atoms with van der Waals surface area (Å²) in [6.07, 6.45) is -4.93. The summed E-state index contributed by atoms with van der Waals surface area (Å²) in [4.78, 5) is 11.5. The number of alkyl halides is 3. The van der Waals surface area contributed by atoms with E-state index in [-0.39, 0.29) is 16.8 Å². The van der Waals surface area contributed by atoms with E-state index in [9.17, 15) is 18.0 Å². The van der Waals surface area contributed by atoms with Gasteiger partial charge in [0.05, 0.1) is 6.04 Å². The number of carbonyl (C=O) groups is 1. The first-order chi connectivity index (χ1) is 13.8. The smallest absolute Gasteiger partial charge is 0.352 e. The SMILES string of the molecule is O=C(c1cccc(NC(=S)NC(c2ccccc2)c2ccccc2)c1)C(F)(F)F. The van der Waals surface area contributed by atoms with Crippen molar-refractivity contribution in [1.82, 2.24) is 5.32 Å². The molecule has 0 aliphatic rings. The molecule has 0 saturated carbocycles. The van der Waals surface area contributed by atoms with E-state index in [0.29, 0.717) is 0 Å². The number of nitrogens with one attached hydrogen (secondary N) is 2. The molecule has 0 bridgehead atoms. The number of Topliss-reactive ketones (excluding diaryl/α,β-unsaturated/α-hetero) is 1. The van der Waals surface area contributed by atoms with Crippen LogP contribution in [-0.2, 0) is 0 Å². The summed E-state index contributed by atoms with van der Waals surface area (Å²) in [6, 6.07) is 24.2. The van der Waals surface area contributed by atoms with Gasteiger partial charge in [0.2, 0.25) is 0 Å². The first-order valence-corrected chi connectivity index (χ1v) is 9.14. The largest absolute Gasteiger partial charge is 0.454 e. The van der Waals surface area contributed by atoms with Gasteiger partial charge in [-0.1, -0.05) is 72.8 Å². The maximum Gasteiger partial charge on any atom is 0.454 e. The second-order valence-corrected chi connectivity index (χ2v) is 6.67. The first-order valence-electron chi connectivity index (χ1n) is 8.73. The number of benzene rings is 3. The second-order valence-electron chi connectivity index (χ2n) is 6.26. The van der Waals surface area contributed by atoms with Crippen molar-refractivity contribution in [3.8, 4) is 0 Å². The minimum Gasteiger partial charge on any atom is -0.352 e. The van der Waals surface area contributed by atoms with Crippen molar-refractivity contribution in [2.45, 2.75) is 12.2 Å². The van der Waals surface area contributed by atoms with Gasteiger partial charge >= 0.3 is 6.18 Å². The molecule has 3 nitrogen and oxygen atoms in total. The molecule has 148 valence electrons. The van der Waals surface area contributed by atoms with Gasteiger partial charge in [-0.15, -0.1) is 0 Å². The van der Waals surface area contributed by atoms with Gasteiger partial charge in [-0.25, -0.2) is 0 Å². The molecule has 0 aliphatic heterocycles. The van der Waals surface area contributed by atoms with Gasteiger partial charge in [0, 0.05) is 11.3 Å². The van der Waals surface area contributed by atoms with Crippen LogP contribution in [0.15, 0.2) is 84.9 Å². The molecule has 29 heavy (non-hydrogen) atoms. The van der Waals surface area contributed by atoms with Crippen molar-refractivity contribution in [1.29, 1.82) is 0 Å². The fourth-order valence-corrected chi connectivity index (χ4v) is 3.09. The van der Waals surface area contributed by atoms with E-state index in [0.717, 1.165) is 23.3 Å². The normalized spacial score (nSPS) is 11.2. The molecule has 0 heterocycles. The van der Waals surface area contributed by atoms with Crippen molar-refractivity contribution < 1.29 is 18.0 Å². The molecule has 3 aromatic rings. The summed E-state index contributed by atoms with van der Waals surface area (Å²) in [5.74, 6) is -1.90. The average molecular weight is 414 g/mol. The molecule has 0 radical (unpaired) electrons. The van der Waals surface area contributed by atoms with Crippen molar-refractivity contribution in [2.24, 2.45) is 0 Å². The van der Waals surface area contributed by atoms with Crippen molar-refractivity contribution in [3.63, 3.8) is 0 Å². The van der Waals surface area contributed by atoms with Gasteiger partial charge < -0.3 is 10.6 Å². The standard InChI is InChI=1S/C22H17F3N2OS/c23-22(24,25)20(28)17-12-7-13-18(14-17)26-21(29)27-19(15-8-3-1-4-9-15)16-10-5-2-6-11-16/h1-14,19H,(H2,26,27,29). The van der Waals surface area contributed by atoms with Crippen LogP contribution in [0.5, 0.6) is 0 Å². The van der Waals surface area contributed by atoms with Crippen LogP contribution < -0.4 is 10.6 Å². The van der Waals surface area contributed by atoms with Crippen LogP contribution in [0.1, 0.15) is 27.5 Å². The maximum atomic E-state index is 12.7. The number of hydrogen-bond donors (Lipinski definition) is 2. The van der Waals surface area contributed by atoms with Crippen molar-refractivity contribution in [3.05, 3.63) is 102 Å². The van der Waals surface area contributed by atoms with Gasteiger partial charge in [-0.3, -0.25) is 4.79 Å². The van der Waals surface area contributed by atoms with Crippen LogP contribution in [0.2, 0.25) is 0 Å². The van der Waals surface area contributed by atoms with E-state index < -0.39 is 17.5 Å². The lowest BCUT2D eigenvalue weighted by molar-refractivity contribution is -0.0885. The zero-order valence-corrected chi connectivity index (χ0v) is 15.9. The fourth-order valence-electron chi connectivity index (χ4n) is 2.85. The Morgan fingerprint density at radius 3 is 1.90 bits per heavy atom. The Hall–Kier alpha value is -3.19. The van der Waals surface area contributed by atoms with E-state index in [1.165, 1.54) is 6.07 Å². The quantitative estimate of drug-likeness (QED) is 0.427. The summed E-state index contributed by atoms with van der Waals surface area (Å²) in [7, 11) is 0. The fraction of sp³-hybridized carbons (Fsp3) is 0.0909. The molecule has 3 aromatic carbocycles. The van der Waals surface area contributed by atoms with Gasteiger partial charge in [0.25, 0.3) is 5.78 Å². The zero-order chi connectivity index (χ0) is 20.9. The van der Waals surface area contributed by atoms with Crippen LogP contribution in [0, 0.1) is 0 Å². The summed E-state index contributed by atoms with van der Waals surface area (Å²) in [6.45, 7) is 0. The lowest BCUT2D eigenvalue weighted by atomic mass is 9.99. The Bertz CT molecular complexity index is 952. The number of rotatable bonds is 5. The third kappa shape index (κ3) is 5.42. The lowest BCUT2D eigenvalue weighted by Gasteiger charge is -2.22. The van der Waals surface area contributed by atoms with E-state index in [1.54, 1.807) is 6.07 Å². The summed E-state index contributed by atoms with van der Waals surface area (Å²) in [5, 5.41) is 6.27. The molecular weight excluding hydrogens is 397 g/mol. The maximum absolute atomic E-state index is 12.7. The van der Waals surface area contributed by atoms with Crippen LogP contribution in [0.25, 0.3) is 0 Å². The Balaban J connectivity index is 1.79. The van der Waals surface area contributed by atoms with E-state index in [2.05, 4.69) is 10.6 Å². The molecule has 0 amide bonds. The number of ketones is 1. The third-order valence-corrected chi connectivity index (χ3v) is 4.40. The Morgan fingerprint density at radius 1 is 0.828 bits per heavy atom. The Morgan fingerprint density at radius 2 is 1.38 bits per heavy atom. The van der Waals surface area contributed by atoms with Crippen molar-refractivity contribution >= 4 is 28.8 Å². The minimum absolute atomic E-state index is 0.222. The van der Waals surface area contributed by atoms with Crippen LogP contribution in [0.4, 0.5) is 18.9 Å². The highest BCUT2D eigenvalue weighted by molar-refractivity contribution is 7.80. The van der Waals surface area contributed by atoms with Crippen LogP contribution in [-0.4, -0.2) is 17.1 Å². The molecule has 0 aliphatic carbocycles. The molecule has 7 heteroatoms. The predicted octanol–water partition coefficient (Wildman–Crippen LogP) is 5.51. The van der Waals surface area contributed by atoms with E-state index >= 15 is 0 Å².